The van der Waals surface area contributed by atoms with E-state index < -0.39 is 42.1 Å². The molecule has 2 aliphatic rings. The SMILES string of the molecule is O=C(Nc1ccc(-c2ccc(NC(=O)c3ccc4c(c3)C(=O)OC4=O)c(O)c2)cc1O)c1ccc2c(c1)C(=O)COC2=O. The maximum Gasteiger partial charge on any atom is 0.346 e. The minimum atomic E-state index is -0.848. The van der Waals surface area contributed by atoms with Crippen LogP contribution in [0.4, 0.5) is 11.4 Å². The lowest BCUT2D eigenvalue weighted by atomic mass is 9.98. The minimum absolute atomic E-state index is 0.0268. The van der Waals surface area contributed by atoms with Crippen molar-refractivity contribution in [1.29, 1.82) is 0 Å². The summed E-state index contributed by atoms with van der Waals surface area (Å²) in [6.45, 7) is -0.405. The van der Waals surface area contributed by atoms with Gasteiger partial charge in [-0.1, -0.05) is 12.1 Å². The zero-order chi connectivity index (χ0) is 30.4. The van der Waals surface area contributed by atoms with Crippen LogP contribution in [0.1, 0.15) is 62.1 Å². The first-order valence-electron chi connectivity index (χ1n) is 12.6. The van der Waals surface area contributed by atoms with Gasteiger partial charge in [-0.3, -0.25) is 14.4 Å². The molecule has 0 bridgehead atoms. The Balaban J connectivity index is 1.16. The van der Waals surface area contributed by atoms with Gasteiger partial charge < -0.3 is 30.3 Å². The van der Waals surface area contributed by atoms with E-state index in [1.807, 2.05) is 0 Å². The van der Waals surface area contributed by atoms with Gasteiger partial charge in [-0.25, -0.2) is 14.4 Å². The van der Waals surface area contributed by atoms with Gasteiger partial charge in [0, 0.05) is 16.7 Å². The van der Waals surface area contributed by atoms with Gasteiger partial charge in [0.1, 0.15) is 11.5 Å². The highest BCUT2D eigenvalue weighted by Gasteiger charge is 2.30. The Labute approximate surface area is 241 Å². The van der Waals surface area contributed by atoms with Gasteiger partial charge in [-0.05, 0) is 71.8 Å². The van der Waals surface area contributed by atoms with E-state index in [4.69, 9.17) is 4.74 Å². The smallest absolute Gasteiger partial charge is 0.346 e. The van der Waals surface area contributed by atoms with Crippen molar-refractivity contribution in [2.24, 2.45) is 0 Å². The van der Waals surface area contributed by atoms with Crippen LogP contribution in [0, 0.1) is 0 Å². The number of hydrogen-bond acceptors (Lipinski definition) is 10. The van der Waals surface area contributed by atoms with Crippen LogP contribution in [0.25, 0.3) is 11.1 Å². The van der Waals surface area contributed by atoms with Crippen LogP contribution in [0.15, 0.2) is 72.8 Å². The quantitative estimate of drug-likeness (QED) is 0.154. The highest BCUT2D eigenvalue weighted by atomic mass is 16.6. The molecule has 0 aliphatic carbocycles. The number of ketones is 1. The van der Waals surface area contributed by atoms with Crippen molar-refractivity contribution in [3.05, 3.63) is 106 Å². The molecule has 6 rings (SSSR count). The van der Waals surface area contributed by atoms with Gasteiger partial charge in [-0.15, -0.1) is 0 Å². The van der Waals surface area contributed by atoms with Crippen molar-refractivity contribution < 1.29 is 48.5 Å². The molecule has 0 aromatic heterocycles. The number of hydrogen-bond donors (Lipinski definition) is 4. The Morgan fingerprint density at radius 3 is 1.60 bits per heavy atom. The van der Waals surface area contributed by atoms with E-state index in [1.165, 1.54) is 60.7 Å². The molecule has 4 N–H and O–H groups in total. The van der Waals surface area contributed by atoms with Gasteiger partial charge in [-0.2, -0.15) is 0 Å². The van der Waals surface area contributed by atoms with E-state index in [1.54, 1.807) is 12.1 Å². The molecule has 0 radical (unpaired) electrons. The van der Waals surface area contributed by atoms with Crippen LogP contribution in [0.5, 0.6) is 11.5 Å². The summed E-state index contributed by atoms with van der Waals surface area (Å²) in [5.41, 5.74) is 1.45. The molecule has 0 saturated heterocycles. The van der Waals surface area contributed by atoms with Crippen molar-refractivity contribution in [3.63, 3.8) is 0 Å². The van der Waals surface area contributed by atoms with E-state index in [0.29, 0.717) is 11.1 Å². The first-order valence-corrected chi connectivity index (χ1v) is 12.6. The number of carbonyl (C=O) groups excluding carboxylic acids is 6. The average molecular weight is 578 g/mol. The predicted molar refractivity (Wildman–Crippen MR) is 148 cm³/mol. The number of amides is 2. The number of fused-ring (bicyclic) bond motifs is 2. The second-order valence-corrected chi connectivity index (χ2v) is 9.57. The fourth-order valence-corrected chi connectivity index (χ4v) is 4.63. The highest BCUT2D eigenvalue weighted by Crippen LogP contribution is 2.34. The normalized spacial score (nSPS) is 13.5. The maximum absolute atomic E-state index is 12.8. The third kappa shape index (κ3) is 4.93. The number of anilines is 2. The second-order valence-electron chi connectivity index (χ2n) is 9.57. The minimum Gasteiger partial charge on any atom is -0.506 e. The summed E-state index contributed by atoms with van der Waals surface area (Å²) in [7, 11) is 0. The average Bonchev–Trinajstić information content (AvgIpc) is 3.29. The lowest BCUT2D eigenvalue weighted by Gasteiger charge is -2.15. The van der Waals surface area contributed by atoms with Crippen LogP contribution in [0.3, 0.4) is 0 Å². The molecule has 212 valence electrons. The van der Waals surface area contributed by atoms with E-state index in [-0.39, 0.29) is 56.3 Å². The number of nitrogens with one attached hydrogen (secondary N) is 2. The number of aromatic hydroxyl groups is 2. The third-order valence-corrected chi connectivity index (χ3v) is 6.87. The van der Waals surface area contributed by atoms with Crippen molar-refractivity contribution in [2.75, 3.05) is 17.2 Å². The molecule has 12 heteroatoms. The molecule has 43 heavy (non-hydrogen) atoms. The summed E-state index contributed by atoms with van der Waals surface area (Å²) in [5, 5.41) is 26.2. The molecular formula is C31H18N2O10. The Hall–Kier alpha value is -6.30. The molecule has 2 aliphatic heterocycles. The van der Waals surface area contributed by atoms with Crippen LogP contribution in [-0.2, 0) is 9.47 Å². The number of esters is 3. The van der Waals surface area contributed by atoms with Crippen molar-refractivity contribution in [3.8, 4) is 22.6 Å². The van der Waals surface area contributed by atoms with E-state index in [2.05, 4.69) is 15.4 Å². The molecule has 2 amide bonds. The van der Waals surface area contributed by atoms with Crippen molar-refractivity contribution in [2.45, 2.75) is 0 Å². The zero-order valence-corrected chi connectivity index (χ0v) is 21.8. The van der Waals surface area contributed by atoms with E-state index in [9.17, 15) is 39.0 Å². The maximum atomic E-state index is 12.8. The molecule has 4 aromatic carbocycles. The topological polar surface area (TPSA) is 185 Å². The third-order valence-electron chi connectivity index (χ3n) is 6.87. The number of phenolic OH excluding ortho intramolecular Hbond substituents is 2. The summed E-state index contributed by atoms with van der Waals surface area (Å²) in [6, 6.07) is 16.6. The summed E-state index contributed by atoms with van der Waals surface area (Å²) in [6.07, 6.45) is 0. The van der Waals surface area contributed by atoms with Crippen molar-refractivity contribution >= 4 is 46.9 Å². The summed E-state index contributed by atoms with van der Waals surface area (Å²) >= 11 is 0. The molecule has 0 spiro atoms. The lowest BCUT2D eigenvalue weighted by Crippen LogP contribution is -2.25. The molecule has 12 nitrogen and oxygen atoms in total. The van der Waals surface area contributed by atoms with E-state index in [0.717, 1.165) is 0 Å². The largest absolute Gasteiger partial charge is 0.506 e. The fourth-order valence-electron chi connectivity index (χ4n) is 4.63. The van der Waals surface area contributed by atoms with E-state index >= 15 is 0 Å². The van der Waals surface area contributed by atoms with Crippen LogP contribution < -0.4 is 10.6 Å². The predicted octanol–water partition coefficient (Wildman–Crippen LogP) is 3.93. The fraction of sp³-hybridized carbons (Fsp3) is 0.0323. The number of rotatable bonds is 5. The Bertz CT molecular complexity index is 1950. The number of benzene rings is 4. The number of phenols is 2. The van der Waals surface area contributed by atoms with Gasteiger partial charge in [0.2, 0.25) is 5.78 Å². The zero-order valence-electron chi connectivity index (χ0n) is 21.8. The van der Waals surface area contributed by atoms with Gasteiger partial charge in [0.05, 0.1) is 28.1 Å². The monoisotopic (exact) mass is 578 g/mol. The number of carbonyl (C=O) groups is 6. The standard InChI is InChI=1S/C31H18N2O10/c34-24-11-14(3-7-22(24)32-27(37)16-1-5-18-20(9-16)26(36)13-42-29(18)39)15-4-8-23(25(35)12-15)33-28(38)17-2-6-19-21(10-17)31(41)43-30(19)40/h1-12,34-35H,13H2,(H,32,37)(H,33,38). The van der Waals surface area contributed by atoms with Crippen LogP contribution >= 0.6 is 0 Å². The molecule has 2 heterocycles. The van der Waals surface area contributed by atoms with Gasteiger partial charge in [0.15, 0.2) is 6.61 Å². The van der Waals surface area contributed by atoms with Gasteiger partial charge >= 0.3 is 17.9 Å². The van der Waals surface area contributed by atoms with Crippen molar-refractivity contribution in [1.82, 2.24) is 0 Å². The van der Waals surface area contributed by atoms with Crippen LogP contribution in [-0.4, -0.2) is 52.3 Å². The van der Waals surface area contributed by atoms with Crippen LogP contribution in [0.2, 0.25) is 0 Å². The first-order chi connectivity index (χ1) is 20.6. The Morgan fingerprint density at radius 2 is 1.07 bits per heavy atom. The second kappa shape index (κ2) is 10.3. The molecule has 0 saturated carbocycles. The number of ether oxygens (including phenoxy) is 2. The molecular weight excluding hydrogens is 560 g/mol. The highest BCUT2D eigenvalue weighted by molar-refractivity contribution is 6.16. The lowest BCUT2D eigenvalue weighted by molar-refractivity contribution is 0.0436. The summed E-state index contributed by atoms with van der Waals surface area (Å²) < 4.78 is 9.29. The Kier molecular flexibility index (Phi) is 6.42. The summed E-state index contributed by atoms with van der Waals surface area (Å²) in [4.78, 5) is 72.8. The number of Topliss-reactive ketones (excluding diaryl/α,β-unsaturated/α-hetero) is 1. The molecule has 0 fully saturated rings. The first kappa shape index (κ1) is 26.9. The number of cyclic esters (lactones) is 3. The van der Waals surface area contributed by atoms with Gasteiger partial charge in [0.25, 0.3) is 11.8 Å². The Morgan fingerprint density at radius 1 is 0.581 bits per heavy atom. The molecule has 0 unspecified atom stereocenters. The molecule has 4 aromatic rings. The molecule has 0 atom stereocenters. The summed E-state index contributed by atoms with van der Waals surface area (Å²) in [5.74, 6) is -4.55.